The van der Waals surface area contributed by atoms with Gasteiger partial charge in [0.15, 0.2) is 0 Å². The fourth-order valence-corrected chi connectivity index (χ4v) is 2.52. The molecule has 1 aliphatic rings. The van der Waals surface area contributed by atoms with E-state index in [9.17, 15) is 4.79 Å². The third-order valence-corrected chi connectivity index (χ3v) is 3.68. The van der Waals surface area contributed by atoms with Crippen molar-refractivity contribution in [1.82, 2.24) is 0 Å². The maximum absolute atomic E-state index is 12.1. The molecule has 0 radical (unpaired) electrons. The van der Waals surface area contributed by atoms with Gasteiger partial charge in [-0.1, -0.05) is 62.4 Å². The second kappa shape index (κ2) is 9.64. The summed E-state index contributed by atoms with van der Waals surface area (Å²) in [6, 6.07) is 11.0. The van der Waals surface area contributed by atoms with Crippen LogP contribution in [0.2, 0.25) is 0 Å². The molecule has 3 rings (SSSR count). The number of aliphatic hydroxyl groups excluding tert-OH is 1. The van der Waals surface area contributed by atoms with Crippen LogP contribution < -0.4 is 10.2 Å². The van der Waals surface area contributed by atoms with Gasteiger partial charge in [0.2, 0.25) is 11.2 Å². The smallest absolute Gasteiger partial charge is 0.227 e. The van der Waals surface area contributed by atoms with E-state index >= 15 is 0 Å². The normalized spacial score (nSPS) is 14.1. The van der Waals surface area contributed by atoms with Crippen molar-refractivity contribution in [3.8, 4) is 5.75 Å². The van der Waals surface area contributed by atoms with Crippen molar-refractivity contribution < 1.29 is 14.3 Å². The van der Waals surface area contributed by atoms with E-state index in [1.54, 1.807) is 0 Å². The Bertz CT molecular complexity index is 772. The van der Waals surface area contributed by atoms with Gasteiger partial charge in [-0.25, -0.2) is 0 Å². The molecule has 25 heavy (non-hydrogen) atoms. The fraction of sp³-hybridized carbons (Fsp3) is 0.286. The van der Waals surface area contributed by atoms with E-state index in [-0.39, 0.29) is 29.6 Å². The molecule has 0 bridgehead atoms. The average Bonchev–Trinajstić information content (AvgIpc) is 2.70. The number of rotatable bonds is 5. The number of hydrogen-bond donors (Lipinski definition) is 1. The largest absolute Gasteiger partial charge is 0.474 e. The molecule has 1 unspecified atom stereocenters. The SMILES string of the molecule is CC.O=c1cc(CO)occ1OC(C1=CCCC=C1)c1ccccc1. The van der Waals surface area contributed by atoms with Crippen molar-refractivity contribution in [1.29, 1.82) is 0 Å². The van der Waals surface area contributed by atoms with Gasteiger partial charge in [-0.15, -0.1) is 0 Å². The molecule has 4 nitrogen and oxygen atoms in total. The molecule has 1 aromatic heterocycles. The Morgan fingerprint density at radius 3 is 2.56 bits per heavy atom. The van der Waals surface area contributed by atoms with E-state index in [1.165, 1.54) is 12.3 Å². The van der Waals surface area contributed by atoms with Crippen LogP contribution in [0.25, 0.3) is 0 Å². The van der Waals surface area contributed by atoms with Gasteiger partial charge in [-0.2, -0.15) is 0 Å². The van der Waals surface area contributed by atoms with Crippen LogP contribution in [0.5, 0.6) is 5.75 Å². The average molecular weight is 340 g/mol. The van der Waals surface area contributed by atoms with E-state index < -0.39 is 0 Å². The van der Waals surface area contributed by atoms with Crippen LogP contribution in [0.3, 0.4) is 0 Å². The molecular weight excluding hydrogens is 316 g/mol. The molecular formula is C21H24O4. The number of benzene rings is 1. The molecule has 0 saturated heterocycles. The van der Waals surface area contributed by atoms with Gasteiger partial charge < -0.3 is 14.3 Å². The first kappa shape index (κ1) is 18.7. The highest BCUT2D eigenvalue weighted by molar-refractivity contribution is 5.36. The number of hydrogen-bond acceptors (Lipinski definition) is 4. The first-order valence-corrected chi connectivity index (χ1v) is 8.58. The summed E-state index contributed by atoms with van der Waals surface area (Å²) >= 11 is 0. The second-order valence-corrected chi connectivity index (χ2v) is 5.33. The fourth-order valence-electron chi connectivity index (χ4n) is 2.52. The lowest BCUT2D eigenvalue weighted by Crippen LogP contribution is -2.15. The van der Waals surface area contributed by atoms with Gasteiger partial charge in [0.05, 0.1) is 0 Å². The minimum atomic E-state index is -0.365. The van der Waals surface area contributed by atoms with Crippen LogP contribution in [-0.2, 0) is 6.61 Å². The van der Waals surface area contributed by atoms with E-state index in [4.69, 9.17) is 14.3 Å². The zero-order chi connectivity index (χ0) is 18.1. The summed E-state index contributed by atoms with van der Waals surface area (Å²) in [5.41, 5.74) is 1.69. The first-order valence-electron chi connectivity index (χ1n) is 8.58. The number of aliphatic hydroxyl groups is 1. The van der Waals surface area contributed by atoms with Crippen molar-refractivity contribution in [3.05, 3.63) is 88.0 Å². The van der Waals surface area contributed by atoms with Crippen LogP contribution in [0.15, 0.2) is 75.7 Å². The van der Waals surface area contributed by atoms with Gasteiger partial charge in [-0.05, 0) is 24.0 Å². The molecule has 0 spiro atoms. The Morgan fingerprint density at radius 2 is 1.96 bits per heavy atom. The highest BCUT2D eigenvalue weighted by Gasteiger charge is 2.19. The predicted molar refractivity (Wildman–Crippen MR) is 98.5 cm³/mol. The Kier molecular flexibility index (Phi) is 7.23. The predicted octanol–water partition coefficient (Wildman–Crippen LogP) is 4.55. The molecule has 1 heterocycles. The Labute approximate surface area is 148 Å². The summed E-state index contributed by atoms with van der Waals surface area (Å²) in [7, 11) is 0. The Morgan fingerprint density at radius 1 is 1.20 bits per heavy atom. The zero-order valence-corrected chi connectivity index (χ0v) is 14.6. The highest BCUT2D eigenvalue weighted by atomic mass is 16.5. The van der Waals surface area contributed by atoms with Gasteiger partial charge in [0.1, 0.15) is 24.7 Å². The Hall–Kier alpha value is -2.59. The summed E-state index contributed by atoms with van der Waals surface area (Å²) in [5, 5.41) is 9.02. The lowest BCUT2D eigenvalue weighted by molar-refractivity contribution is 0.220. The Balaban J connectivity index is 0.00000109. The van der Waals surface area contributed by atoms with E-state index in [0.29, 0.717) is 0 Å². The maximum atomic E-state index is 12.1. The summed E-state index contributed by atoms with van der Waals surface area (Å²) in [6.07, 6.45) is 9.13. The summed E-state index contributed by atoms with van der Waals surface area (Å²) in [4.78, 5) is 12.1. The monoisotopic (exact) mass is 340 g/mol. The second-order valence-electron chi connectivity index (χ2n) is 5.33. The van der Waals surface area contributed by atoms with Gasteiger partial charge in [-0.3, -0.25) is 4.79 Å². The summed E-state index contributed by atoms with van der Waals surface area (Å²) in [5.74, 6) is 0.353. The molecule has 1 aliphatic carbocycles. The van der Waals surface area contributed by atoms with Crippen molar-refractivity contribution >= 4 is 0 Å². The van der Waals surface area contributed by atoms with E-state index in [1.807, 2.05) is 50.3 Å². The molecule has 2 aromatic rings. The standard InChI is InChI=1S/C19H18O4.C2H6/c20-12-16-11-17(21)18(13-22-16)23-19(14-7-3-1-4-8-14)15-9-5-2-6-10-15;1-2/h1,3-5,7-11,13,19-20H,2,6,12H2;1-2H3. The minimum Gasteiger partial charge on any atom is -0.474 e. The van der Waals surface area contributed by atoms with Crippen molar-refractivity contribution in [2.75, 3.05) is 0 Å². The topological polar surface area (TPSA) is 59.7 Å². The number of allylic oxidation sites excluding steroid dienone is 2. The molecule has 0 saturated carbocycles. The third kappa shape index (κ3) is 4.94. The van der Waals surface area contributed by atoms with Crippen LogP contribution in [0, 0.1) is 0 Å². The summed E-state index contributed by atoms with van der Waals surface area (Å²) < 4.78 is 11.2. The highest BCUT2D eigenvalue weighted by Crippen LogP contribution is 2.30. The van der Waals surface area contributed by atoms with Gasteiger partial charge >= 0.3 is 0 Å². The summed E-state index contributed by atoms with van der Waals surface area (Å²) in [6.45, 7) is 3.69. The quantitative estimate of drug-likeness (QED) is 0.867. The molecule has 132 valence electrons. The molecule has 1 N–H and O–H groups in total. The van der Waals surface area contributed by atoms with E-state index in [2.05, 4.69) is 12.2 Å². The third-order valence-electron chi connectivity index (χ3n) is 3.68. The van der Waals surface area contributed by atoms with Crippen molar-refractivity contribution in [3.63, 3.8) is 0 Å². The molecule has 1 aromatic carbocycles. The number of ether oxygens (including phenoxy) is 1. The van der Waals surface area contributed by atoms with Gasteiger partial charge in [0.25, 0.3) is 0 Å². The van der Waals surface area contributed by atoms with Crippen molar-refractivity contribution in [2.45, 2.75) is 39.4 Å². The molecule has 0 fully saturated rings. The maximum Gasteiger partial charge on any atom is 0.227 e. The molecule has 1 atom stereocenters. The lowest BCUT2D eigenvalue weighted by atomic mass is 9.96. The van der Waals surface area contributed by atoms with Crippen molar-refractivity contribution in [2.24, 2.45) is 0 Å². The van der Waals surface area contributed by atoms with E-state index in [0.717, 1.165) is 24.0 Å². The van der Waals surface area contributed by atoms with Crippen LogP contribution in [0.4, 0.5) is 0 Å². The van der Waals surface area contributed by atoms with Crippen LogP contribution >= 0.6 is 0 Å². The zero-order valence-electron chi connectivity index (χ0n) is 14.6. The lowest BCUT2D eigenvalue weighted by Gasteiger charge is -2.21. The first-order chi connectivity index (χ1) is 12.3. The van der Waals surface area contributed by atoms with Gasteiger partial charge in [0, 0.05) is 6.07 Å². The molecule has 0 amide bonds. The minimum absolute atomic E-state index is 0.135. The molecule has 0 aliphatic heterocycles. The van der Waals surface area contributed by atoms with Crippen LogP contribution in [0.1, 0.15) is 44.1 Å². The molecule has 4 heteroatoms. The van der Waals surface area contributed by atoms with Crippen LogP contribution in [-0.4, -0.2) is 5.11 Å².